The Kier molecular flexibility index (Phi) is 4.29. The monoisotopic (exact) mass is 445 g/mol. The fourth-order valence-electron chi connectivity index (χ4n) is 2.73. The van der Waals surface area contributed by atoms with Gasteiger partial charge in [0, 0.05) is 20.0 Å². The summed E-state index contributed by atoms with van der Waals surface area (Å²) in [5, 5.41) is 9.80. The van der Waals surface area contributed by atoms with E-state index in [4.69, 9.17) is 0 Å². The molecule has 3 aromatic rings. The minimum absolute atomic E-state index is 0.0486. The summed E-state index contributed by atoms with van der Waals surface area (Å²) in [6.07, 6.45) is -4.88. The Balaban J connectivity index is 2.33. The number of hydrogen-bond acceptors (Lipinski definition) is 1. The average Bonchev–Trinajstić information content (AvgIpc) is 2.84. The van der Waals surface area contributed by atoms with E-state index in [2.05, 4.69) is 27.6 Å². The molecule has 0 radical (unpaired) electrons. The zero-order valence-corrected chi connectivity index (χ0v) is 14.3. The zero-order chi connectivity index (χ0) is 17.5. The summed E-state index contributed by atoms with van der Waals surface area (Å²) in [7, 11) is 0. The van der Waals surface area contributed by atoms with Crippen LogP contribution in [0.15, 0.2) is 42.5 Å². The molecule has 0 saturated carbocycles. The number of halogens is 4. The Labute approximate surface area is 148 Å². The predicted octanol–water partition coefficient (Wildman–Crippen LogP) is 5.09. The third kappa shape index (κ3) is 3.12. The molecule has 0 atom stereocenters. The lowest BCUT2D eigenvalue weighted by molar-refractivity contribution is -0.137. The normalized spacial score (nSPS) is 11.8. The number of H-pyrrole nitrogens is 1. The van der Waals surface area contributed by atoms with Crippen LogP contribution in [0, 0.1) is 3.57 Å². The van der Waals surface area contributed by atoms with E-state index in [9.17, 15) is 23.1 Å². The quantitative estimate of drug-likeness (QED) is 0.553. The molecule has 124 valence electrons. The molecule has 1 aromatic heterocycles. The molecule has 0 aliphatic rings. The van der Waals surface area contributed by atoms with Crippen molar-refractivity contribution in [3.63, 3.8) is 0 Å². The minimum atomic E-state index is -4.52. The highest BCUT2D eigenvalue weighted by Crippen LogP contribution is 2.40. The second kappa shape index (κ2) is 6.12. The molecule has 3 rings (SSSR count). The van der Waals surface area contributed by atoms with Gasteiger partial charge in [0.2, 0.25) is 0 Å². The second-order valence-corrected chi connectivity index (χ2v) is 6.53. The van der Waals surface area contributed by atoms with Gasteiger partial charge in [-0.05, 0) is 52.4 Å². The summed E-state index contributed by atoms with van der Waals surface area (Å²) < 4.78 is 40.8. The topological polar surface area (TPSA) is 53.1 Å². The van der Waals surface area contributed by atoms with Crippen LogP contribution in [0.3, 0.4) is 0 Å². The molecule has 0 aliphatic heterocycles. The Bertz CT molecular complexity index is 931. The second-order valence-electron chi connectivity index (χ2n) is 5.28. The van der Waals surface area contributed by atoms with Crippen LogP contribution in [0.4, 0.5) is 13.2 Å². The number of fused-ring (bicyclic) bond motifs is 1. The van der Waals surface area contributed by atoms with Crippen molar-refractivity contribution in [2.24, 2.45) is 0 Å². The molecule has 0 bridgehead atoms. The molecule has 2 N–H and O–H groups in total. The molecule has 0 spiro atoms. The maximum absolute atomic E-state index is 13.3. The Morgan fingerprint density at radius 2 is 1.88 bits per heavy atom. The van der Waals surface area contributed by atoms with Crippen LogP contribution in [0.25, 0.3) is 22.2 Å². The van der Waals surface area contributed by atoms with E-state index >= 15 is 0 Å². The summed E-state index contributed by atoms with van der Waals surface area (Å²) in [5.41, 5.74) is 0.319. The number of hydrogen-bond donors (Lipinski definition) is 2. The number of aromatic nitrogens is 1. The van der Waals surface area contributed by atoms with Crippen molar-refractivity contribution in [2.75, 3.05) is 0 Å². The summed E-state index contributed by atoms with van der Waals surface area (Å²) >= 11 is 2.08. The zero-order valence-electron chi connectivity index (χ0n) is 12.1. The van der Waals surface area contributed by atoms with E-state index in [1.807, 2.05) is 6.07 Å². The fraction of sp³-hybridized carbons (Fsp3) is 0.118. The van der Waals surface area contributed by atoms with Crippen LogP contribution >= 0.6 is 22.6 Å². The van der Waals surface area contributed by atoms with Gasteiger partial charge in [0.25, 0.3) is 0 Å². The number of alkyl halides is 3. The van der Waals surface area contributed by atoms with Gasteiger partial charge in [-0.25, -0.2) is 0 Å². The van der Waals surface area contributed by atoms with Crippen molar-refractivity contribution >= 4 is 39.5 Å². The first kappa shape index (κ1) is 16.8. The van der Waals surface area contributed by atoms with Gasteiger partial charge in [0.15, 0.2) is 0 Å². The molecular formula is C17H11F3INO2. The minimum Gasteiger partial charge on any atom is -0.481 e. The third-order valence-corrected chi connectivity index (χ3v) is 4.37. The van der Waals surface area contributed by atoms with Crippen LogP contribution in [-0.4, -0.2) is 16.1 Å². The SMILES string of the molecule is O=C(O)Cc1c(-c2ccccc2C(F)(F)F)[nH]c2ccc(I)cc12. The predicted molar refractivity (Wildman–Crippen MR) is 92.8 cm³/mol. The van der Waals surface area contributed by atoms with Crippen molar-refractivity contribution in [3.05, 3.63) is 57.2 Å². The van der Waals surface area contributed by atoms with E-state index in [-0.39, 0.29) is 17.7 Å². The number of rotatable bonds is 3. The van der Waals surface area contributed by atoms with E-state index in [0.717, 1.165) is 9.64 Å². The highest BCUT2D eigenvalue weighted by atomic mass is 127. The summed E-state index contributed by atoms with van der Waals surface area (Å²) in [6, 6.07) is 10.5. The number of carboxylic acid groups (broad SMARTS) is 1. The summed E-state index contributed by atoms with van der Waals surface area (Å²) in [5.74, 6) is -1.10. The maximum Gasteiger partial charge on any atom is 0.417 e. The van der Waals surface area contributed by atoms with Gasteiger partial charge >= 0.3 is 12.1 Å². The van der Waals surface area contributed by atoms with Crippen molar-refractivity contribution < 1.29 is 23.1 Å². The number of benzene rings is 2. The highest BCUT2D eigenvalue weighted by Gasteiger charge is 2.34. The molecule has 2 aromatic carbocycles. The lowest BCUT2D eigenvalue weighted by Crippen LogP contribution is -2.08. The van der Waals surface area contributed by atoms with Crippen LogP contribution in [0.5, 0.6) is 0 Å². The van der Waals surface area contributed by atoms with Crippen LogP contribution in [0.1, 0.15) is 11.1 Å². The summed E-state index contributed by atoms with van der Waals surface area (Å²) in [4.78, 5) is 14.2. The van der Waals surface area contributed by atoms with Gasteiger partial charge in [-0.1, -0.05) is 18.2 Å². The maximum atomic E-state index is 13.3. The molecule has 24 heavy (non-hydrogen) atoms. The van der Waals surface area contributed by atoms with Gasteiger partial charge in [0.1, 0.15) is 0 Å². The molecule has 1 heterocycles. The molecule has 3 nitrogen and oxygen atoms in total. The standard InChI is InChI=1S/C17H11F3INO2/c18-17(19,20)13-4-2-1-3-10(13)16-12(8-15(23)24)11-7-9(21)5-6-14(11)22-16/h1-7,22H,8H2,(H,23,24). The van der Waals surface area contributed by atoms with Crippen molar-refractivity contribution in [2.45, 2.75) is 12.6 Å². The number of aromatic amines is 1. The largest absolute Gasteiger partial charge is 0.481 e. The smallest absolute Gasteiger partial charge is 0.417 e. The number of carboxylic acids is 1. The van der Waals surface area contributed by atoms with Crippen molar-refractivity contribution in [1.29, 1.82) is 0 Å². The Morgan fingerprint density at radius 3 is 2.54 bits per heavy atom. The van der Waals surface area contributed by atoms with Crippen LogP contribution in [-0.2, 0) is 17.4 Å². The first-order valence-corrected chi connectivity index (χ1v) is 8.03. The van der Waals surface area contributed by atoms with Crippen molar-refractivity contribution in [3.8, 4) is 11.3 Å². The van der Waals surface area contributed by atoms with Gasteiger partial charge in [-0.3, -0.25) is 4.79 Å². The molecule has 0 fully saturated rings. The first-order valence-electron chi connectivity index (χ1n) is 6.96. The van der Waals surface area contributed by atoms with Gasteiger partial charge < -0.3 is 10.1 Å². The molecule has 7 heteroatoms. The van der Waals surface area contributed by atoms with E-state index in [0.29, 0.717) is 16.5 Å². The van der Waals surface area contributed by atoms with Gasteiger partial charge in [-0.2, -0.15) is 13.2 Å². The molecule has 0 unspecified atom stereocenters. The molecule has 0 amide bonds. The van der Waals surface area contributed by atoms with Gasteiger partial charge in [-0.15, -0.1) is 0 Å². The van der Waals surface area contributed by atoms with E-state index in [1.54, 1.807) is 12.1 Å². The van der Waals surface area contributed by atoms with E-state index < -0.39 is 17.7 Å². The number of aliphatic carboxylic acids is 1. The highest BCUT2D eigenvalue weighted by molar-refractivity contribution is 14.1. The van der Waals surface area contributed by atoms with Crippen molar-refractivity contribution in [1.82, 2.24) is 4.98 Å². The summed E-state index contributed by atoms with van der Waals surface area (Å²) in [6.45, 7) is 0. The molecular weight excluding hydrogens is 434 g/mol. The van der Waals surface area contributed by atoms with E-state index in [1.165, 1.54) is 18.2 Å². The van der Waals surface area contributed by atoms with Gasteiger partial charge in [0.05, 0.1) is 17.7 Å². The van der Waals surface area contributed by atoms with Crippen LogP contribution in [0.2, 0.25) is 0 Å². The Morgan fingerprint density at radius 1 is 1.17 bits per heavy atom. The fourth-order valence-corrected chi connectivity index (χ4v) is 3.22. The molecule has 0 saturated heterocycles. The lowest BCUT2D eigenvalue weighted by Gasteiger charge is -2.13. The lowest BCUT2D eigenvalue weighted by atomic mass is 9.98. The number of carbonyl (C=O) groups is 1. The first-order chi connectivity index (χ1) is 11.3. The number of nitrogens with one attached hydrogen (secondary N) is 1. The third-order valence-electron chi connectivity index (χ3n) is 3.70. The Hall–Kier alpha value is -2.03. The average molecular weight is 445 g/mol. The molecule has 0 aliphatic carbocycles. The van der Waals surface area contributed by atoms with Crippen LogP contribution < -0.4 is 0 Å².